The Morgan fingerprint density at radius 3 is 2.94 bits per heavy atom. The lowest BCUT2D eigenvalue weighted by atomic mass is 10.1. The summed E-state index contributed by atoms with van der Waals surface area (Å²) in [4.78, 5) is 11.6. The number of carbonyl (C=O) groups is 1. The third-order valence-corrected chi connectivity index (χ3v) is 3.10. The standard InChI is InChI=1S/C15H19NO2/c17-15(7-6-13-4-2-1-3-5-13)16-10-8-14-9-11-18-12-14/h1-7,14H,8-12H2,(H,16,17). The van der Waals surface area contributed by atoms with Crippen LogP contribution in [0.5, 0.6) is 0 Å². The average molecular weight is 245 g/mol. The van der Waals surface area contributed by atoms with Crippen molar-refractivity contribution in [3.8, 4) is 0 Å². The molecule has 0 aromatic heterocycles. The lowest BCUT2D eigenvalue weighted by Gasteiger charge is -2.06. The third kappa shape index (κ3) is 4.34. The molecule has 0 bridgehead atoms. The van der Waals surface area contributed by atoms with Gasteiger partial charge < -0.3 is 10.1 Å². The first-order valence-corrected chi connectivity index (χ1v) is 6.43. The van der Waals surface area contributed by atoms with Gasteiger partial charge in [-0.3, -0.25) is 4.79 Å². The van der Waals surface area contributed by atoms with Gasteiger partial charge in [-0.1, -0.05) is 30.3 Å². The van der Waals surface area contributed by atoms with Crippen molar-refractivity contribution in [3.63, 3.8) is 0 Å². The van der Waals surface area contributed by atoms with Gasteiger partial charge in [-0.15, -0.1) is 0 Å². The highest BCUT2D eigenvalue weighted by atomic mass is 16.5. The molecule has 0 aliphatic carbocycles. The van der Waals surface area contributed by atoms with Crippen LogP contribution >= 0.6 is 0 Å². The highest BCUT2D eigenvalue weighted by Gasteiger charge is 2.14. The molecule has 1 aliphatic heterocycles. The molecule has 1 atom stereocenters. The predicted octanol–water partition coefficient (Wildman–Crippen LogP) is 2.24. The summed E-state index contributed by atoms with van der Waals surface area (Å²) in [6.07, 6.45) is 5.54. The molecule has 0 spiro atoms. The maximum absolute atomic E-state index is 11.6. The first-order chi connectivity index (χ1) is 8.84. The summed E-state index contributed by atoms with van der Waals surface area (Å²) in [5.74, 6) is 0.584. The molecule has 1 aromatic rings. The van der Waals surface area contributed by atoms with E-state index in [1.165, 1.54) is 0 Å². The molecule has 1 aromatic carbocycles. The topological polar surface area (TPSA) is 38.3 Å². The summed E-state index contributed by atoms with van der Waals surface area (Å²) in [5, 5.41) is 2.90. The van der Waals surface area contributed by atoms with E-state index >= 15 is 0 Å². The van der Waals surface area contributed by atoms with Gasteiger partial charge in [-0.25, -0.2) is 0 Å². The van der Waals surface area contributed by atoms with Gasteiger partial charge in [0.05, 0.1) is 0 Å². The van der Waals surface area contributed by atoms with E-state index in [9.17, 15) is 4.79 Å². The normalized spacial score (nSPS) is 19.2. The van der Waals surface area contributed by atoms with Crippen LogP contribution in [0, 0.1) is 5.92 Å². The Morgan fingerprint density at radius 1 is 1.39 bits per heavy atom. The number of benzene rings is 1. The molecule has 0 saturated carbocycles. The van der Waals surface area contributed by atoms with Crippen LogP contribution in [0.3, 0.4) is 0 Å². The number of amides is 1. The maximum atomic E-state index is 11.6. The van der Waals surface area contributed by atoms with Crippen LogP contribution in [0.25, 0.3) is 6.08 Å². The van der Waals surface area contributed by atoms with Crippen molar-refractivity contribution < 1.29 is 9.53 Å². The zero-order valence-electron chi connectivity index (χ0n) is 10.5. The average Bonchev–Trinajstić information content (AvgIpc) is 2.91. The van der Waals surface area contributed by atoms with Gasteiger partial charge in [0.15, 0.2) is 0 Å². The van der Waals surface area contributed by atoms with Crippen LogP contribution in [-0.2, 0) is 9.53 Å². The second-order valence-electron chi connectivity index (χ2n) is 4.55. The van der Waals surface area contributed by atoms with Crippen molar-refractivity contribution in [1.82, 2.24) is 5.32 Å². The van der Waals surface area contributed by atoms with Crippen LogP contribution in [-0.4, -0.2) is 25.7 Å². The van der Waals surface area contributed by atoms with E-state index in [0.29, 0.717) is 5.92 Å². The van der Waals surface area contributed by atoms with Crippen molar-refractivity contribution in [3.05, 3.63) is 42.0 Å². The highest BCUT2D eigenvalue weighted by Crippen LogP contribution is 2.15. The summed E-state index contributed by atoms with van der Waals surface area (Å²) in [5.41, 5.74) is 1.04. The second kappa shape index (κ2) is 6.97. The minimum atomic E-state index is -0.0298. The molecule has 1 N–H and O–H groups in total. The first-order valence-electron chi connectivity index (χ1n) is 6.43. The molecule has 1 aliphatic rings. The Balaban J connectivity index is 1.67. The second-order valence-corrected chi connectivity index (χ2v) is 4.55. The predicted molar refractivity (Wildman–Crippen MR) is 72.0 cm³/mol. The van der Waals surface area contributed by atoms with Gasteiger partial charge in [0, 0.05) is 25.8 Å². The zero-order chi connectivity index (χ0) is 12.6. The Hall–Kier alpha value is -1.61. The van der Waals surface area contributed by atoms with E-state index in [2.05, 4.69) is 5.32 Å². The lowest BCUT2D eigenvalue weighted by Crippen LogP contribution is -2.24. The molecule has 1 amide bonds. The van der Waals surface area contributed by atoms with E-state index in [1.807, 2.05) is 36.4 Å². The van der Waals surface area contributed by atoms with Crippen molar-refractivity contribution in [2.75, 3.05) is 19.8 Å². The SMILES string of the molecule is O=C(C=Cc1ccccc1)NCCC1CCOC1. The van der Waals surface area contributed by atoms with Crippen molar-refractivity contribution in [2.24, 2.45) is 5.92 Å². The number of nitrogens with one attached hydrogen (secondary N) is 1. The summed E-state index contributed by atoms with van der Waals surface area (Å²) < 4.78 is 5.29. The molecular weight excluding hydrogens is 226 g/mol. The monoisotopic (exact) mass is 245 g/mol. The fraction of sp³-hybridized carbons (Fsp3) is 0.400. The van der Waals surface area contributed by atoms with Gasteiger partial charge >= 0.3 is 0 Å². The molecule has 1 saturated heterocycles. The Labute approximate surface area is 108 Å². The molecule has 3 nitrogen and oxygen atoms in total. The minimum Gasteiger partial charge on any atom is -0.381 e. The Bertz CT molecular complexity index is 394. The molecule has 3 heteroatoms. The molecule has 1 fully saturated rings. The molecule has 18 heavy (non-hydrogen) atoms. The summed E-state index contributed by atoms with van der Waals surface area (Å²) in [6.45, 7) is 2.44. The van der Waals surface area contributed by atoms with Gasteiger partial charge in [0.2, 0.25) is 5.91 Å². The van der Waals surface area contributed by atoms with Crippen LogP contribution in [0.4, 0.5) is 0 Å². The number of carbonyl (C=O) groups excluding carboxylic acids is 1. The third-order valence-electron chi connectivity index (χ3n) is 3.10. The largest absolute Gasteiger partial charge is 0.381 e. The van der Waals surface area contributed by atoms with E-state index in [1.54, 1.807) is 6.08 Å². The minimum absolute atomic E-state index is 0.0298. The van der Waals surface area contributed by atoms with E-state index in [-0.39, 0.29) is 5.91 Å². The van der Waals surface area contributed by atoms with Gasteiger partial charge in [-0.05, 0) is 30.4 Å². The lowest BCUT2D eigenvalue weighted by molar-refractivity contribution is -0.116. The van der Waals surface area contributed by atoms with Crippen molar-refractivity contribution in [1.29, 1.82) is 0 Å². The fourth-order valence-electron chi connectivity index (χ4n) is 2.01. The van der Waals surface area contributed by atoms with Crippen molar-refractivity contribution in [2.45, 2.75) is 12.8 Å². The zero-order valence-corrected chi connectivity index (χ0v) is 10.5. The molecular formula is C15H19NO2. The van der Waals surface area contributed by atoms with Crippen LogP contribution in [0.15, 0.2) is 36.4 Å². The fourth-order valence-corrected chi connectivity index (χ4v) is 2.01. The molecule has 0 radical (unpaired) electrons. The first kappa shape index (κ1) is 12.8. The number of hydrogen-bond donors (Lipinski definition) is 1. The van der Waals surface area contributed by atoms with Crippen LogP contribution < -0.4 is 5.32 Å². The number of hydrogen-bond acceptors (Lipinski definition) is 2. The molecule has 1 unspecified atom stereocenters. The smallest absolute Gasteiger partial charge is 0.243 e. The molecule has 1 heterocycles. The molecule has 96 valence electrons. The van der Waals surface area contributed by atoms with Crippen LogP contribution in [0.2, 0.25) is 0 Å². The van der Waals surface area contributed by atoms with Crippen LogP contribution in [0.1, 0.15) is 18.4 Å². The van der Waals surface area contributed by atoms with E-state index < -0.39 is 0 Å². The van der Waals surface area contributed by atoms with Gasteiger partial charge in [-0.2, -0.15) is 0 Å². The number of ether oxygens (including phenoxy) is 1. The number of rotatable bonds is 5. The molecule has 2 rings (SSSR count). The van der Waals surface area contributed by atoms with Crippen molar-refractivity contribution >= 4 is 12.0 Å². The Kier molecular flexibility index (Phi) is 4.97. The quantitative estimate of drug-likeness (QED) is 0.808. The van der Waals surface area contributed by atoms with E-state index in [4.69, 9.17) is 4.74 Å². The summed E-state index contributed by atoms with van der Waals surface area (Å²) in [7, 11) is 0. The highest BCUT2D eigenvalue weighted by molar-refractivity contribution is 5.91. The summed E-state index contributed by atoms with van der Waals surface area (Å²) >= 11 is 0. The van der Waals surface area contributed by atoms with Gasteiger partial charge in [0.25, 0.3) is 0 Å². The van der Waals surface area contributed by atoms with E-state index in [0.717, 1.165) is 38.2 Å². The maximum Gasteiger partial charge on any atom is 0.243 e. The Morgan fingerprint density at radius 2 is 2.22 bits per heavy atom. The summed E-state index contributed by atoms with van der Waals surface area (Å²) in [6, 6.07) is 9.82. The van der Waals surface area contributed by atoms with Gasteiger partial charge in [0.1, 0.15) is 0 Å².